The van der Waals surface area contributed by atoms with Gasteiger partial charge in [0.15, 0.2) is 17.5 Å². The fourth-order valence-electron chi connectivity index (χ4n) is 3.07. The van der Waals surface area contributed by atoms with E-state index in [0.717, 1.165) is 49.1 Å². The van der Waals surface area contributed by atoms with Gasteiger partial charge in [0.2, 0.25) is 0 Å². The number of hydrogen-bond acceptors (Lipinski definition) is 4. The number of halogens is 1. The Bertz CT molecular complexity index is 798. The smallest absolute Gasteiger partial charge is 0.193 e. The maximum Gasteiger partial charge on any atom is 0.193 e. The molecule has 1 aromatic heterocycles. The van der Waals surface area contributed by atoms with E-state index in [9.17, 15) is 0 Å². The number of rotatable bonds is 6. The van der Waals surface area contributed by atoms with E-state index in [1.165, 1.54) is 11.1 Å². The molecule has 0 spiro atoms. The lowest BCUT2D eigenvalue weighted by Gasteiger charge is -2.24. The number of pyridine rings is 1. The van der Waals surface area contributed by atoms with E-state index < -0.39 is 0 Å². The molecule has 0 aliphatic carbocycles. The van der Waals surface area contributed by atoms with E-state index in [2.05, 4.69) is 54.3 Å². The third kappa shape index (κ3) is 5.98. The van der Waals surface area contributed by atoms with Gasteiger partial charge in [0, 0.05) is 39.1 Å². The van der Waals surface area contributed by atoms with E-state index in [0.29, 0.717) is 13.2 Å². The van der Waals surface area contributed by atoms with Crippen molar-refractivity contribution in [2.75, 3.05) is 33.4 Å². The molecule has 0 amide bonds. The largest absolute Gasteiger partial charge is 0.486 e. The van der Waals surface area contributed by atoms with Crippen molar-refractivity contribution in [1.82, 2.24) is 15.2 Å². The average Bonchev–Trinajstić information content (AvgIpc) is 2.68. The van der Waals surface area contributed by atoms with E-state index >= 15 is 0 Å². The molecule has 0 atom stereocenters. The molecular weight excluding hydrogens is 467 g/mol. The minimum absolute atomic E-state index is 0. The zero-order chi connectivity index (χ0) is 19.1. The van der Waals surface area contributed by atoms with Crippen LogP contribution in [0.15, 0.2) is 41.7 Å². The van der Waals surface area contributed by atoms with E-state index in [-0.39, 0.29) is 24.0 Å². The SMILES string of the molecule is CCNC(=NCCc1ccncc1C)N(C)Cc1ccc2c(c1)OCCO2.I. The summed E-state index contributed by atoms with van der Waals surface area (Å²) in [5, 5.41) is 3.37. The molecule has 7 heteroatoms. The van der Waals surface area contributed by atoms with Crippen LogP contribution < -0.4 is 14.8 Å². The van der Waals surface area contributed by atoms with Crippen molar-refractivity contribution >= 4 is 29.9 Å². The Labute approximate surface area is 184 Å². The van der Waals surface area contributed by atoms with Crippen LogP contribution in [-0.2, 0) is 13.0 Å². The fourth-order valence-corrected chi connectivity index (χ4v) is 3.07. The molecule has 0 saturated heterocycles. The van der Waals surface area contributed by atoms with Gasteiger partial charge in [-0.05, 0) is 55.2 Å². The number of benzene rings is 1. The van der Waals surface area contributed by atoms with Crippen LogP contribution in [0, 0.1) is 6.92 Å². The van der Waals surface area contributed by atoms with Gasteiger partial charge in [0.05, 0.1) is 0 Å². The van der Waals surface area contributed by atoms with E-state index in [1.54, 1.807) is 0 Å². The number of hydrogen-bond donors (Lipinski definition) is 1. The molecule has 0 saturated carbocycles. The lowest BCUT2D eigenvalue weighted by Crippen LogP contribution is -2.38. The number of aryl methyl sites for hydroxylation is 1. The molecule has 6 nitrogen and oxygen atoms in total. The Hall–Kier alpha value is -2.03. The lowest BCUT2D eigenvalue weighted by atomic mass is 10.1. The first-order valence-corrected chi connectivity index (χ1v) is 9.45. The molecule has 28 heavy (non-hydrogen) atoms. The summed E-state index contributed by atoms with van der Waals surface area (Å²) in [5.74, 6) is 2.54. The van der Waals surface area contributed by atoms with E-state index in [1.807, 2.05) is 18.5 Å². The molecule has 2 heterocycles. The predicted molar refractivity (Wildman–Crippen MR) is 123 cm³/mol. The molecular formula is C21H29IN4O2. The van der Waals surface area contributed by atoms with Crippen molar-refractivity contribution in [2.24, 2.45) is 4.99 Å². The van der Waals surface area contributed by atoms with Crippen LogP contribution in [0.4, 0.5) is 0 Å². The molecule has 0 unspecified atom stereocenters. The second-order valence-corrected chi connectivity index (χ2v) is 6.62. The molecule has 1 aliphatic heterocycles. The first-order chi connectivity index (χ1) is 13.2. The van der Waals surface area contributed by atoms with Crippen molar-refractivity contribution in [3.8, 4) is 11.5 Å². The highest BCUT2D eigenvalue weighted by Gasteiger charge is 2.13. The van der Waals surface area contributed by atoms with Crippen molar-refractivity contribution in [1.29, 1.82) is 0 Å². The Morgan fingerprint density at radius 3 is 2.75 bits per heavy atom. The molecule has 152 valence electrons. The first kappa shape index (κ1) is 22.3. The summed E-state index contributed by atoms with van der Waals surface area (Å²) in [4.78, 5) is 11.1. The standard InChI is InChI=1S/C21H28N4O2.HI/c1-4-23-21(24-10-8-18-7-9-22-14-16(18)2)25(3)15-17-5-6-19-20(13-17)27-12-11-26-19;/h5-7,9,13-14H,4,8,10-12,15H2,1-3H3,(H,23,24);1H. The van der Waals surface area contributed by atoms with Crippen LogP contribution in [-0.4, -0.2) is 49.2 Å². The third-order valence-corrected chi connectivity index (χ3v) is 4.50. The summed E-state index contributed by atoms with van der Waals surface area (Å²) < 4.78 is 11.3. The van der Waals surface area contributed by atoms with Gasteiger partial charge in [-0.2, -0.15) is 0 Å². The molecule has 1 aliphatic rings. The van der Waals surface area contributed by atoms with Crippen molar-refractivity contribution in [3.05, 3.63) is 53.3 Å². The molecule has 1 aromatic carbocycles. The van der Waals surface area contributed by atoms with Gasteiger partial charge < -0.3 is 19.7 Å². The van der Waals surface area contributed by atoms with Crippen LogP contribution in [0.3, 0.4) is 0 Å². The molecule has 0 bridgehead atoms. The highest BCUT2D eigenvalue weighted by atomic mass is 127. The normalized spacial score (nSPS) is 12.9. The molecule has 0 radical (unpaired) electrons. The summed E-state index contributed by atoms with van der Waals surface area (Å²) in [6.07, 6.45) is 4.64. The second-order valence-electron chi connectivity index (χ2n) is 6.62. The summed E-state index contributed by atoms with van der Waals surface area (Å²) >= 11 is 0. The second kappa shape index (κ2) is 11.1. The van der Waals surface area contributed by atoms with Crippen molar-refractivity contribution in [2.45, 2.75) is 26.8 Å². The summed E-state index contributed by atoms with van der Waals surface area (Å²) in [6, 6.07) is 8.17. The van der Waals surface area contributed by atoms with Crippen molar-refractivity contribution in [3.63, 3.8) is 0 Å². The zero-order valence-corrected chi connectivity index (χ0v) is 19.1. The molecule has 1 N–H and O–H groups in total. The van der Waals surface area contributed by atoms with Gasteiger partial charge in [-0.15, -0.1) is 24.0 Å². The van der Waals surface area contributed by atoms with Gasteiger partial charge in [-0.3, -0.25) is 9.98 Å². The van der Waals surface area contributed by atoms with Gasteiger partial charge in [-0.1, -0.05) is 6.07 Å². The first-order valence-electron chi connectivity index (χ1n) is 9.45. The Morgan fingerprint density at radius 1 is 1.21 bits per heavy atom. The maximum absolute atomic E-state index is 5.68. The average molecular weight is 496 g/mol. The maximum atomic E-state index is 5.68. The number of ether oxygens (including phenoxy) is 2. The Balaban J connectivity index is 0.00000280. The predicted octanol–water partition coefficient (Wildman–Crippen LogP) is 3.42. The van der Waals surface area contributed by atoms with E-state index in [4.69, 9.17) is 14.5 Å². The molecule has 2 aromatic rings. The minimum Gasteiger partial charge on any atom is -0.486 e. The zero-order valence-electron chi connectivity index (χ0n) is 16.8. The summed E-state index contributed by atoms with van der Waals surface area (Å²) in [5.41, 5.74) is 3.67. The van der Waals surface area contributed by atoms with Gasteiger partial charge in [0.1, 0.15) is 13.2 Å². The summed E-state index contributed by atoms with van der Waals surface area (Å²) in [7, 11) is 2.05. The quantitative estimate of drug-likeness (QED) is 0.378. The van der Waals surface area contributed by atoms with Crippen LogP contribution >= 0.6 is 24.0 Å². The summed E-state index contributed by atoms with van der Waals surface area (Å²) in [6.45, 7) is 7.70. The topological polar surface area (TPSA) is 59.0 Å². The van der Waals surface area contributed by atoms with Gasteiger partial charge in [-0.25, -0.2) is 0 Å². The van der Waals surface area contributed by atoms with Crippen LogP contribution in [0.2, 0.25) is 0 Å². The van der Waals surface area contributed by atoms with Crippen LogP contribution in [0.5, 0.6) is 11.5 Å². The highest BCUT2D eigenvalue weighted by Crippen LogP contribution is 2.31. The van der Waals surface area contributed by atoms with Crippen LogP contribution in [0.25, 0.3) is 0 Å². The highest BCUT2D eigenvalue weighted by molar-refractivity contribution is 14.0. The third-order valence-electron chi connectivity index (χ3n) is 4.50. The molecule has 0 fully saturated rings. The molecule has 3 rings (SSSR count). The Morgan fingerprint density at radius 2 is 2.00 bits per heavy atom. The number of aliphatic imine (C=N–C) groups is 1. The van der Waals surface area contributed by atoms with Gasteiger partial charge >= 0.3 is 0 Å². The minimum atomic E-state index is 0. The number of fused-ring (bicyclic) bond motifs is 1. The fraction of sp³-hybridized carbons (Fsp3) is 0.429. The number of nitrogens with zero attached hydrogens (tertiary/aromatic N) is 3. The number of aromatic nitrogens is 1. The number of guanidine groups is 1. The van der Waals surface area contributed by atoms with Crippen LogP contribution in [0.1, 0.15) is 23.6 Å². The number of nitrogens with one attached hydrogen (secondary N) is 1. The Kier molecular flexibility index (Phi) is 8.82. The van der Waals surface area contributed by atoms with Gasteiger partial charge in [0.25, 0.3) is 0 Å². The monoisotopic (exact) mass is 496 g/mol. The lowest BCUT2D eigenvalue weighted by molar-refractivity contribution is 0.171. The van der Waals surface area contributed by atoms with Crippen molar-refractivity contribution < 1.29 is 9.47 Å².